The maximum absolute atomic E-state index is 12.6. The van der Waals surface area contributed by atoms with Gasteiger partial charge in [-0.2, -0.15) is 0 Å². The largest absolute Gasteiger partial charge is 1.00 e. The summed E-state index contributed by atoms with van der Waals surface area (Å²) in [5.74, 6) is 0.168. The third kappa shape index (κ3) is 8.95. The average molecular weight is 718 g/mol. The summed E-state index contributed by atoms with van der Waals surface area (Å²) in [7, 11) is 4.23. The molecule has 0 bridgehead atoms. The predicted octanol–water partition coefficient (Wildman–Crippen LogP) is -2.23. The predicted molar refractivity (Wildman–Crippen MR) is 135 cm³/mol. The van der Waals surface area contributed by atoms with Crippen molar-refractivity contribution in [2.45, 2.75) is 51.4 Å². The lowest BCUT2D eigenvalue weighted by atomic mass is 10.0. The maximum atomic E-state index is 12.6. The Morgan fingerprint density at radius 3 is 1.19 bits per heavy atom. The number of rotatable bonds is 7. The topological polar surface area (TPSA) is 58.2 Å². The number of nitrogens with zero attached hydrogens (tertiary/aromatic N) is 2. The van der Waals surface area contributed by atoms with Crippen LogP contribution in [0.5, 0.6) is 0 Å². The average Bonchev–Trinajstić information content (AvgIpc) is 2.80. The molecule has 2 aromatic carbocycles. The van der Waals surface area contributed by atoms with E-state index in [1.54, 1.807) is 0 Å². The second kappa shape index (κ2) is 14.1. The number of halogens is 2. The molecule has 0 aliphatic carbocycles. The summed E-state index contributed by atoms with van der Waals surface area (Å²) in [4.78, 5) is 25.1. The van der Waals surface area contributed by atoms with E-state index in [4.69, 9.17) is 0 Å². The van der Waals surface area contributed by atoms with E-state index in [1.165, 1.54) is 38.5 Å². The van der Waals surface area contributed by atoms with E-state index in [0.717, 1.165) is 48.4 Å². The zero-order chi connectivity index (χ0) is 24.0. The maximum Gasteiger partial charge on any atom is 0.269 e. The minimum absolute atomic E-state index is 0. The molecular formula is C28H40I2N4O2. The Morgan fingerprint density at radius 1 is 0.583 bits per heavy atom. The molecular weight excluding hydrogens is 678 g/mol. The number of hydrogen-bond donors (Lipinski definition) is 2. The number of carbonyl (C=O) groups is 2. The van der Waals surface area contributed by atoms with Gasteiger partial charge in [0.1, 0.15) is 26.2 Å². The number of benzene rings is 2. The van der Waals surface area contributed by atoms with Gasteiger partial charge >= 0.3 is 0 Å². The Labute approximate surface area is 250 Å². The van der Waals surface area contributed by atoms with Gasteiger partial charge in [-0.05, 0) is 60.8 Å². The van der Waals surface area contributed by atoms with Crippen LogP contribution in [-0.2, 0) is 22.4 Å². The summed E-state index contributed by atoms with van der Waals surface area (Å²) >= 11 is 0. The molecule has 6 nitrogen and oxygen atoms in total. The van der Waals surface area contributed by atoms with E-state index in [-0.39, 0.29) is 59.8 Å². The first kappa shape index (κ1) is 31.0. The lowest BCUT2D eigenvalue weighted by molar-refractivity contribution is -0.947. The molecule has 0 aromatic heterocycles. The zero-order valence-electron chi connectivity index (χ0n) is 21.6. The molecule has 8 heteroatoms. The smallest absolute Gasteiger partial charge is 0.269 e. The van der Waals surface area contributed by atoms with Crippen LogP contribution in [-0.4, -0.2) is 61.3 Å². The molecule has 0 saturated carbocycles. The van der Waals surface area contributed by atoms with Crippen molar-refractivity contribution in [1.82, 2.24) is 10.9 Å². The van der Waals surface area contributed by atoms with Crippen molar-refractivity contribution >= 4 is 11.8 Å². The zero-order valence-corrected chi connectivity index (χ0v) is 25.9. The van der Waals surface area contributed by atoms with Crippen LogP contribution in [0.2, 0.25) is 0 Å². The van der Waals surface area contributed by atoms with Gasteiger partial charge in [0.05, 0.1) is 26.9 Å². The molecule has 198 valence electrons. The van der Waals surface area contributed by atoms with Crippen molar-refractivity contribution in [1.29, 1.82) is 0 Å². The summed E-state index contributed by atoms with van der Waals surface area (Å²) in [5, 5.41) is 0. The van der Waals surface area contributed by atoms with Gasteiger partial charge in [-0.3, -0.25) is 9.59 Å². The Kier molecular flexibility index (Phi) is 12.1. The van der Waals surface area contributed by atoms with Crippen LogP contribution in [0.3, 0.4) is 0 Å². The van der Waals surface area contributed by atoms with Crippen molar-refractivity contribution < 1.29 is 66.7 Å². The molecule has 2 aliphatic heterocycles. The summed E-state index contributed by atoms with van der Waals surface area (Å²) in [6.45, 7) is 4.06. The van der Waals surface area contributed by atoms with Crippen molar-refractivity contribution in [3.8, 4) is 11.1 Å². The fraction of sp³-hybridized carbons (Fsp3) is 0.500. The normalized spacial score (nSPS) is 18.2. The number of piperidine rings is 2. The molecule has 2 saturated heterocycles. The van der Waals surface area contributed by atoms with Crippen LogP contribution in [0.15, 0.2) is 48.5 Å². The highest BCUT2D eigenvalue weighted by atomic mass is 127. The molecule has 0 radical (unpaired) electrons. The summed E-state index contributed by atoms with van der Waals surface area (Å²) in [5.41, 5.74) is 10.7. The van der Waals surface area contributed by atoms with Crippen LogP contribution in [0, 0.1) is 0 Å². The Bertz CT molecular complexity index is 902. The number of quaternary nitrogens is 2. The molecule has 2 N–H and O–H groups in total. The summed E-state index contributed by atoms with van der Waals surface area (Å²) in [6, 6.07) is 16.4. The van der Waals surface area contributed by atoms with E-state index in [9.17, 15) is 9.59 Å². The standard InChI is InChI=1S/C28H38N4O2.2HI/c1-31(17-5-3-6-18-31)29-27(33)21-23-9-13-25(14-10-23)26-15-11-24(12-16-26)22-28(34)30-32(2)19-7-4-8-20-32;;/h9-16H,3-8,17-22H2,1-2H3;2*1H. The lowest BCUT2D eigenvalue weighted by Crippen LogP contribution is -3.00. The first-order valence-electron chi connectivity index (χ1n) is 12.8. The number of likely N-dealkylation sites (tertiary alicyclic amines) is 2. The van der Waals surface area contributed by atoms with Gasteiger partial charge in [0.15, 0.2) is 0 Å². The van der Waals surface area contributed by atoms with Gasteiger partial charge < -0.3 is 48.0 Å². The number of hydrogen-bond acceptors (Lipinski definition) is 2. The fourth-order valence-corrected chi connectivity index (χ4v) is 5.33. The molecule has 2 amide bonds. The Balaban J connectivity index is 0.00000228. The SMILES string of the molecule is C[N+]1(NC(=O)Cc2ccc(-c3ccc(CC(=O)N[N+]4(C)CCCCC4)cc3)cc2)CCCCC1.[I-].[I-]. The van der Waals surface area contributed by atoms with Crippen LogP contribution in [0.1, 0.15) is 49.7 Å². The Morgan fingerprint density at radius 2 is 0.889 bits per heavy atom. The van der Waals surface area contributed by atoms with Gasteiger partial charge in [-0.15, -0.1) is 0 Å². The van der Waals surface area contributed by atoms with Crippen molar-refractivity contribution in [2.24, 2.45) is 0 Å². The number of nitrogens with one attached hydrogen (secondary N) is 2. The van der Waals surface area contributed by atoms with Crippen LogP contribution >= 0.6 is 0 Å². The van der Waals surface area contributed by atoms with Crippen molar-refractivity contribution in [3.63, 3.8) is 0 Å². The lowest BCUT2D eigenvalue weighted by Gasteiger charge is -2.36. The van der Waals surface area contributed by atoms with Crippen LogP contribution in [0.4, 0.5) is 0 Å². The third-order valence-electron chi connectivity index (χ3n) is 7.37. The molecule has 0 atom stereocenters. The third-order valence-corrected chi connectivity index (χ3v) is 7.37. The van der Waals surface area contributed by atoms with Gasteiger partial charge in [0, 0.05) is 0 Å². The van der Waals surface area contributed by atoms with E-state index < -0.39 is 0 Å². The molecule has 0 spiro atoms. The molecule has 4 rings (SSSR count). The number of carbonyl (C=O) groups excluding carboxylic acids is 2. The van der Waals surface area contributed by atoms with E-state index >= 15 is 0 Å². The van der Waals surface area contributed by atoms with Crippen molar-refractivity contribution in [3.05, 3.63) is 59.7 Å². The van der Waals surface area contributed by atoms with Crippen LogP contribution < -0.4 is 58.8 Å². The van der Waals surface area contributed by atoms with Gasteiger partial charge in [0.2, 0.25) is 0 Å². The molecule has 2 fully saturated rings. The fourth-order valence-electron chi connectivity index (χ4n) is 5.33. The second-order valence-corrected chi connectivity index (χ2v) is 10.6. The first-order chi connectivity index (χ1) is 16.3. The van der Waals surface area contributed by atoms with E-state index in [2.05, 4.69) is 49.2 Å². The highest BCUT2D eigenvalue weighted by Gasteiger charge is 2.28. The van der Waals surface area contributed by atoms with E-state index in [1.807, 2.05) is 24.3 Å². The van der Waals surface area contributed by atoms with Crippen LogP contribution in [0.25, 0.3) is 11.1 Å². The first-order valence-corrected chi connectivity index (χ1v) is 12.8. The van der Waals surface area contributed by atoms with Gasteiger partial charge in [-0.1, -0.05) is 48.5 Å². The quantitative estimate of drug-likeness (QED) is 0.252. The summed E-state index contributed by atoms with van der Waals surface area (Å²) in [6.07, 6.45) is 8.03. The minimum Gasteiger partial charge on any atom is -1.00 e. The highest BCUT2D eigenvalue weighted by molar-refractivity contribution is 5.78. The summed E-state index contributed by atoms with van der Waals surface area (Å²) < 4.78 is 1.30. The molecule has 0 unspecified atom stereocenters. The van der Waals surface area contributed by atoms with Gasteiger partial charge in [-0.25, -0.2) is 20.0 Å². The second-order valence-electron chi connectivity index (χ2n) is 10.6. The molecule has 2 aliphatic rings. The minimum atomic E-state index is 0. The molecule has 2 heterocycles. The Hall–Kier alpha value is -1.24. The molecule has 36 heavy (non-hydrogen) atoms. The van der Waals surface area contributed by atoms with Gasteiger partial charge in [0.25, 0.3) is 11.8 Å². The molecule has 2 aromatic rings. The number of amides is 2. The van der Waals surface area contributed by atoms with Crippen molar-refractivity contribution in [2.75, 3.05) is 40.3 Å². The van der Waals surface area contributed by atoms with E-state index in [0.29, 0.717) is 22.0 Å². The monoisotopic (exact) mass is 718 g/mol. The highest BCUT2D eigenvalue weighted by Crippen LogP contribution is 2.21.